The highest BCUT2D eigenvalue weighted by Crippen LogP contribution is 2.03. The Morgan fingerprint density at radius 1 is 1.29 bits per heavy atom. The van der Waals surface area contributed by atoms with E-state index in [1.54, 1.807) is 0 Å². The van der Waals surface area contributed by atoms with E-state index in [4.69, 9.17) is 6.57 Å². The van der Waals surface area contributed by atoms with Crippen LogP contribution in [-0.2, 0) is 0 Å². The molecule has 0 rings (SSSR count). The van der Waals surface area contributed by atoms with Crippen molar-refractivity contribution in [3.8, 4) is 0 Å². The van der Waals surface area contributed by atoms with E-state index in [0.29, 0.717) is 0 Å². The van der Waals surface area contributed by atoms with Crippen molar-refractivity contribution in [3.63, 3.8) is 0 Å². The lowest BCUT2D eigenvalue weighted by molar-refractivity contribution is 0.688. The summed E-state index contributed by atoms with van der Waals surface area (Å²) in [5, 5.41) is 0. The Morgan fingerprint density at radius 3 is 1.43 bits per heavy atom. The van der Waals surface area contributed by atoms with E-state index in [1.165, 1.54) is 0 Å². The van der Waals surface area contributed by atoms with Crippen LogP contribution in [0.3, 0.4) is 0 Å². The Kier molecular flexibility index (Phi) is 4.07. The molecule has 0 fully saturated rings. The molecule has 0 amide bonds. The largest absolute Gasteiger partial charge is 0.311 e. The van der Waals surface area contributed by atoms with Crippen molar-refractivity contribution >= 4 is 12.4 Å². The highest BCUT2D eigenvalue weighted by Gasteiger charge is 2.10. The zero-order valence-corrected chi connectivity index (χ0v) is 5.67. The standard InChI is InChI=1S/C5H9N.ClH/c1-5(2,3)6-4;/h1-3H3;1H. The summed E-state index contributed by atoms with van der Waals surface area (Å²) in [5.41, 5.74) is -0.167. The van der Waals surface area contributed by atoms with E-state index < -0.39 is 0 Å². The van der Waals surface area contributed by atoms with Crippen molar-refractivity contribution in [2.75, 3.05) is 0 Å². The Hall–Kier alpha value is -0.220. The Balaban J connectivity index is 0. The molecule has 0 aromatic heterocycles. The molecule has 0 spiro atoms. The highest BCUT2D eigenvalue weighted by atomic mass is 35.5. The number of hydrogen-bond acceptors (Lipinski definition) is 0. The second-order valence-electron chi connectivity index (χ2n) is 2.28. The number of hydrogen-bond donors (Lipinski definition) is 0. The van der Waals surface area contributed by atoms with Gasteiger partial charge in [-0.3, -0.25) is 0 Å². The molecule has 0 aromatic carbocycles. The number of halogens is 1. The second-order valence-corrected chi connectivity index (χ2v) is 2.28. The van der Waals surface area contributed by atoms with Gasteiger partial charge >= 0.3 is 0 Å². The van der Waals surface area contributed by atoms with Crippen molar-refractivity contribution < 1.29 is 0 Å². The average Bonchev–Trinajstić information content (AvgIpc) is 1.35. The summed E-state index contributed by atoms with van der Waals surface area (Å²) in [6.45, 7) is 12.1. The monoisotopic (exact) mass is 119 g/mol. The second kappa shape index (κ2) is 2.87. The lowest BCUT2D eigenvalue weighted by Crippen LogP contribution is -2.04. The van der Waals surface area contributed by atoms with Gasteiger partial charge in [-0.2, -0.15) is 0 Å². The van der Waals surface area contributed by atoms with Gasteiger partial charge in [-0.05, 0) is 0 Å². The molecule has 0 N–H and O–H groups in total. The first-order valence-corrected chi connectivity index (χ1v) is 1.95. The average molecular weight is 120 g/mol. The summed E-state index contributed by atoms with van der Waals surface area (Å²) in [7, 11) is 0. The smallest absolute Gasteiger partial charge is 0.224 e. The maximum absolute atomic E-state index is 6.48. The van der Waals surface area contributed by atoms with Crippen LogP contribution in [0.1, 0.15) is 20.8 Å². The summed E-state index contributed by atoms with van der Waals surface area (Å²) in [5.74, 6) is 0. The quantitative estimate of drug-likeness (QED) is 0.431. The summed E-state index contributed by atoms with van der Waals surface area (Å²) in [6.07, 6.45) is 0. The highest BCUT2D eigenvalue weighted by molar-refractivity contribution is 5.85. The van der Waals surface area contributed by atoms with E-state index in [0.717, 1.165) is 0 Å². The third kappa shape index (κ3) is 10.7. The van der Waals surface area contributed by atoms with Gasteiger partial charge in [0.05, 0.1) is 0 Å². The van der Waals surface area contributed by atoms with Gasteiger partial charge in [0.25, 0.3) is 0 Å². The molecule has 0 bridgehead atoms. The van der Waals surface area contributed by atoms with Gasteiger partial charge in [0.15, 0.2) is 0 Å². The van der Waals surface area contributed by atoms with E-state index in [9.17, 15) is 0 Å². The third-order valence-corrected chi connectivity index (χ3v) is 0.335. The first-order valence-electron chi connectivity index (χ1n) is 1.95. The lowest BCUT2D eigenvalue weighted by atomic mass is 10.1. The predicted octanol–water partition coefficient (Wildman–Crippen LogP) is 2.13. The van der Waals surface area contributed by atoms with Gasteiger partial charge in [0.1, 0.15) is 0 Å². The summed E-state index contributed by atoms with van der Waals surface area (Å²) in [6, 6.07) is 0. The van der Waals surface area contributed by atoms with Crippen molar-refractivity contribution in [1.82, 2.24) is 0 Å². The first kappa shape index (κ1) is 9.91. The summed E-state index contributed by atoms with van der Waals surface area (Å²) >= 11 is 0. The summed E-state index contributed by atoms with van der Waals surface area (Å²) in [4.78, 5) is 3.27. The van der Waals surface area contributed by atoms with Crippen LogP contribution in [0.2, 0.25) is 0 Å². The first-order chi connectivity index (χ1) is 2.56. The topological polar surface area (TPSA) is 4.36 Å². The molecule has 0 unspecified atom stereocenters. The molecule has 0 aliphatic rings. The van der Waals surface area contributed by atoms with Crippen LogP contribution < -0.4 is 0 Å². The predicted molar refractivity (Wildman–Crippen MR) is 33.6 cm³/mol. The fourth-order valence-corrected chi connectivity index (χ4v) is 0. The van der Waals surface area contributed by atoms with Gasteiger partial charge in [0.2, 0.25) is 5.54 Å². The molecule has 0 aliphatic carbocycles. The van der Waals surface area contributed by atoms with Crippen LogP contribution in [0.25, 0.3) is 4.85 Å². The molecular weight excluding hydrogens is 110 g/mol. The molecule has 0 saturated carbocycles. The van der Waals surface area contributed by atoms with Gasteiger partial charge in [-0.25, -0.2) is 6.57 Å². The molecule has 1 nitrogen and oxygen atoms in total. The van der Waals surface area contributed by atoms with Gasteiger partial charge in [-0.15, -0.1) is 12.4 Å². The molecule has 0 saturated heterocycles. The van der Waals surface area contributed by atoms with E-state index in [1.807, 2.05) is 20.8 Å². The van der Waals surface area contributed by atoms with Crippen molar-refractivity contribution in [2.24, 2.45) is 0 Å². The zero-order valence-electron chi connectivity index (χ0n) is 4.86. The van der Waals surface area contributed by atoms with Crippen LogP contribution >= 0.6 is 12.4 Å². The van der Waals surface area contributed by atoms with Crippen LogP contribution in [0.5, 0.6) is 0 Å². The molecule has 7 heavy (non-hydrogen) atoms. The van der Waals surface area contributed by atoms with Crippen LogP contribution in [0.4, 0.5) is 0 Å². The molecule has 0 radical (unpaired) electrons. The van der Waals surface area contributed by atoms with Crippen LogP contribution in [0, 0.1) is 6.57 Å². The van der Waals surface area contributed by atoms with Gasteiger partial charge < -0.3 is 4.85 Å². The molecule has 0 aromatic rings. The minimum atomic E-state index is -0.167. The molecule has 0 aliphatic heterocycles. The van der Waals surface area contributed by atoms with Crippen LogP contribution in [-0.4, -0.2) is 5.54 Å². The van der Waals surface area contributed by atoms with Crippen molar-refractivity contribution in [3.05, 3.63) is 11.4 Å². The maximum atomic E-state index is 6.48. The molecule has 0 atom stereocenters. The molecule has 2 heteroatoms. The van der Waals surface area contributed by atoms with E-state index in [-0.39, 0.29) is 17.9 Å². The lowest BCUT2D eigenvalue weighted by Gasteiger charge is -1.97. The zero-order chi connectivity index (χ0) is 5.21. The number of nitrogens with zero attached hydrogens (tertiary/aromatic N) is 1. The van der Waals surface area contributed by atoms with Gasteiger partial charge in [0, 0.05) is 20.8 Å². The minimum Gasteiger partial charge on any atom is -0.311 e. The molecule has 0 heterocycles. The fraction of sp³-hybridized carbons (Fsp3) is 0.800. The van der Waals surface area contributed by atoms with E-state index >= 15 is 0 Å². The van der Waals surface area contributed by atoms with Crippen molar-refractivity contribution in [1.29, 1.82) is 0 Å². The minimum absolute atomic E-state index is 0. The fourth-order valence-electron chi connectivity index (χ4n) is 0. The maximum Gasteiger partial charge on any atom is 0.224 e. The molecular formula is C5H10ClN. The van der Waals surface area contributed by atoms with Crippen molar-refractivity contribution in [2.45, 2.75) is 26.3 Å². The van der Waals surface area contributed by atoms with Gasteiger partial charge in [-0.1, -0.05) is 0 Å². The third-order valence-electron chi connectivity index (χ3n) is 0.335. The Bertz CT molecular complexity index is 75.1. The number of rotatable bonds is 0. The SMILES string of the molecule is Cl.[C-]#[N+]C(C)(C)C. The van der Waals surface area contributed by atoms with E-state index in [2.05, 4.69) is 4.85 Å². The Labute approximate surface area is 51.0 Å². The summed E-state index contributed by atoms with van der Waals surface area (Å²) < 4.78 is 0. The molecule has 42 valence electrons. The Morgan fingerprint density at radius 2 is 1.43 bits per heavy atom. The normalized spacial score (nSPS) is 8.86. The van der Waals surface area contributed by atoms with Crippen LogP contribution in [0.15, 0.2) is 0 Å².